The van der Waals surface area contributed by atoms with Crippen LogP contribution in [0.3, 0.4) is 0 Å². The molecule has 0 saturated carbocycles. The molecule has 15 heavy (non-hydrogen) atoms. The summed E-state index contributed by atoms with van der Waals surface area (Å²) in [7, 11) is 0. The lowest BCUT2D eigenvalue weighted by Crippen LogP contribution is -2.19. The molecule has 0 aromatic heterocycles. The van der Waals surface area contributed by atoms with E-state index in [2.05, 4.69) is 6.92 Å². The molecule has 0 rings (SSSR count). The number of rotatable bonds is 8. The van der Waals surface area contributed by atoms with E-state index in [0.29, 0.717) is 6.42 Å². The topological polar surface area (TPSA) is 43.4 Å². The van der Waals surface area contributed by atoms with Gasteiger partial charge in [0.25, 0.3) is 0 Å². The Hall–Kier alpha value is -0.860. The van der Waals surface area contributed by atoms with Crippen molar-refractivity contribution in [1.82, 2.24) is 0 Å². The number of Topliss-reactive ketones (excluding diaryl/α,β-unsaturated/α-hetero) is 1. The maximum Gasteiger partial charge on any atom is 0.302 e. The first-order chi connectivity index (χ1) is 7.06. The second-order valence-electron chi connectivity index (χ2n) is 3.99. The number of carbonyl (C=O) groups excluding carboxylic acids is 2. The zero-order valence-corrected chi connectivity index (χ0v) is 10.0. The van der Waals surface area contributed by atoms with Gasteiger partial charge < -0.3 is 4.74 Å². The Labute approximate surface area is 92.2 Å². The minimum atomic E-state index is -0.295. The second kappa shape index (κ2) is 8.45. The van der Waals surface area contributed by atoms with Crippen molar-refractivity contribution in [3.05, 3.63) is 0 Å². The van der Waals surface area contributed by atoms with Crippen LogP contribution in [0.5, 0.6) is 0 Å². The molecule has 0 radical (unpaired) electrons. The highest BCUT2D eigenvalue weighted by Crippen LogP contribution is 2.12. The Bertz CT molecular complexity index is 183. The van der Waals surface area contributed by atoms with Gasteiger partial charge in [-0.3, -0.25) is 9.59 Å². The molecule has 0 bridgehead atoms. The third-order valence-electron chi connectivity index (χ3n) is 2.23. The number of unbranched alkanes of at least 4 members (excludes halogenated alkanes) is 3. The van der Waals surface area contributed by atoms with Crippen LogP contribution >= 0.6 is 0 Å². The summed E-state index contributed by atoms with van der Waals surface area (Å²) < 4.78 is 5.08. The first-order valence-electron chi connectivity index (χ1n) is 5.73. The molecule has 88 valence electrons. The van der Waals surface area contributed by atoms with Crippen LogP contribution in [0.2, 0.25) is 0 Å². The maximum atomic E-state index is 10.9. The van der Waals surface area contributed by atoms with E-state index < -0.39 is 0 Å². The minimum absolute atomic E-state index is 0.0803. The van der Waals surface area contributed by atoms with Gasteiger partial charge in [-0.1, -0.05) is 26.2 Å². The van der Waals surface area contributed by atoms with Crippen molar-refractivity contribution in [2.75, 3.05) is 0 Å². The molecular formula is C12H22O3. The van der Waals surface area contributed by atoms with Crippen LogP contribution in [0, 0.1) is 0 Å². The average Bonchev–Trinajstić information content (AvgIpc) is 2.10. The summed E-state index contributed by atoms with van der Waals surface area (Å²) >= 11 is 0. The van der Waals surface area contributed by atoms with Crippen molar-refractivity contribution in [2.45, 2.75) is 65.4 Å². The van der Waals surface area contributed by atoms with Crippen LogP contribution in [0.4, 0.5) is 0 Å². The summed E-state index contributed by atoms with van der Waals surface area (Å²) in [4.78, 5) is 21.7. The Balaban J connectivity index is 3.79. The van der Waals surface area contributed by atoms with Gasteiger partial charge in [-0.2, -0.15) is 0 Å². The van der Waals surface area contributed by atoms with Gasteiger partial charge in [0.05, 0.1) is 0 Å². The Kier molecular flexibility index (Phi) is 7.96. The van der Waals surface area contributed by atoms with E-state index in [-0.39, 0.29) is 17.9 Å². The molecule has 0 N–H and O–H groups in total. The lowest BCUT2D eigenvalue weighted by atomic mass is 10.1. The highest BCUT2D eigenvalue weighted by molar-refractivity contribution is 5.76. The van der Waals surface area contributed by atoms with Crippen molar-refractivity contribution in [3.8, 4) is 0 Å². The van der Waals surface area contributed by atoms with Crippen LogP contribution in [0.25, 0.3) is 0 Å². The minimum Gasteiger partial charge on any atom is -0.462 e. The summed E-state index contributed by atoms with van der Waals surface area (Å²) in [5.74, 6) is -0.214. The zero-order valence-electron chi connectivity index (χ0n) is 10.0. The van der Waals surface area contributed by atoms with Gasteiger partial charge in [-0.05, 0) is 19.8 Å². The van der Waals surface area contributed by atoms with Gasteiger partial charge in [0.15, 0.2) is 0 Å². The third kappa shape index (κ3) is 9.44. The van der Waals surface area contributed by atoms with Crippen molar-refractivity contribution in [1.29, 1.82) is 0 Å². The van der Waals surface area contributed by atoms with Crippen LogP contribution in [0.1, 0.15) is 59.3 Å². The first kappa shape index (κ1) is 14.1. The molecule has 0 aliphatic heterocycles. The molecule has 3 nitrogen and oxygen atoms in total. The lowest BCUT2D eigenvalue weighted by Gasteiger charge is -2.15. The summed E-state index contributed by atoms with van der Waals surface area (Å²) in [6.45, 7) is 5.07. The smallest absolute Gasteiger partial charge is 0.302 e. The molecule has 0 unspecified atom stereocenters. The molecule has 3 heteroatoms. The first-order valence-corrected chi connectivity index (χ1v) is 5.73. The van der Waals surface area contributed by atoms with E-state index in [1.54, 1.807) is 0 Å². The monoisotopic (exact) mass is 214 g/mol. The lowest BCUT2D eigenvalue weighted by molar-refractivity contribution is -0.147. The molecule has 0 heterocycles. The molecule has 0 fully saturated rings. The predicted molar refractivity (Wildman–Crippen MR) is 59.6 cm³/mol. The zero-order chi connectivity index (χ0) is 11.7. The molecular weight excluding hydrogens is 192 g/mol. The van der Waals surface area contributed by atoms with Gasteiger partial charge in [-0.25, -0.2) is 0 Å². The predicted octanol–water partition coefficient (Wildman–Crippen LogP) is 2.87. The van der Waals surface area contributed by atoms with E-state index in [1.807, 2.05) is 0 Å². The fourth-order valence-corrected chi connectivity index (χ4v) is 1.56. The number of ether oxygens (including phenoxy) is 1. The van der Waals surface area contributed by atoms with Crippen LogP contribution in [0.15, 0.2) is 0 Å². The standard InChI is InChI=1S/C12H22O3/c1-4-5-6-7-8-12(9-10(2)13)15-11(3)14/h12H,4-9H2,1-3H3/t12-/m1/s1. The maximum absolute atomic E-state index is 10.9. The quantitative estimate of drug-likeness (QED) is 0.461. The molecule has 0 spiro atoms. The number of esters is 1. The average molecular weight is 214 g/mol. The van der Waals surface area contributed by atoms with E-state index in [9.17, 15) is 9.59 Å². The van der Waals surface area contributed by atoms with Crippen LogP contribution in [-0.4, -0.2) is 17.9 Å². The summed E-state index contributed by atoms with van der Waals surface area (Å²) in [5, 5.41) is 0. The fourth-order valence-electron chi connectivity index (χ4n) is 1.56. The number of hydrogen-bond acceptors (Lipinski definition) is 3. The van der Waals surface area contributed by atoms with Gasteiger partial charge >= 0.3 is 5.97 Å². The molecule has 0 aliphatic rings. The third-order valence-corrected chi connectivity index (χ3v) is 2.23. The summed E-state index contributed by atoms with van der Waals surface area (Å²) in [6, 6.07) is 0. The van der Waals surface area contributed by atoms with E-state index in [4.69, 9.17) is 4.74 Å². The fraction of sp³-hybridized carbons (Fsp3) is 0.833. The van der Waals surface area contributed by atoms with Crippen molar-refractivity contribution >= 4 is 11.8 Å². The second-order valence-corrected chi connectivity index (χ2v) is 3.99. The highest BCUT2D eigenvalue weighted by Gasteiger charge is 2.13. The Morgan fingerprint density at radius 1 is 1.13 bits per heavy atom. The van der Waals surface area contributed by atoms with Crippen molar-refractivity contribution in [3.63, 3.8) is 0 Å². The molecule has 1 atom stereocenters. The van der Waals surface area contributed by atoms with E-state index in [0.717, 1.165) is 19.3 Å². The summed E-state index contributed by atoms with van der Waals surface area (Å²) in [5.41, 5.74) is 0. The Morgan fingerprint density at radius 2 is 1.80 bits per heavy atom. The Morgan fingerprint density at radius 3 is 2.27 bits per heavy atom. The van der Waals surface area contributed by atoms with E-state index >= 15 is 0 Å². The molecule has 0 saturated heterocycles. The van der Waals surface area contributed by atoms with E-state index in [1.165, 1.54) is 26.7 Å². The van der Waals surface area contributed by atoms with Crippen molar-refractivity contribution < 1.29 is 14.3 Å². The SMILES string of the molecule is CCCCCC[C@H](CC(C)=O)OC(C)=O. The normalized spacial score (nSPS) is 12.2. The molecule has 0 amide bonds. The van der Waals surface area contributed by atoms with Gasteiger partial charge in [-0.15, -0.1) is 0 Å². The largest absolute Gasteiger partial charge is 0.462 e. The number of hydrogen-bond donors (Lipinski definition) is 0. The number of ketones is 1. The van der Waals surface area contributed by atoms with Gasteiger partial charge in [0.2, 0.25) is 0 Å². The number of carbonyl (C=O) groups is 2. The van der Waals surface area contributed by atoms with Crippen LogP contribution < -0.4 is 0 Å². The molecule has 0 aromatic rings. The highest BCUT2D eigenvalue weighted by atomic mass is 16.5. The van der Waals surface area contributed by atoms with Gasteiger partial charge in [0.1, 0.15) is 11.9 Å². The van der Waals surface area contributed by atoms with Crippen molar-refractivity contribution in [2.24, 2.45) is 0 Å². The molecule has 0 aromatic carbocycles. The molecule has 0 aliphatic carbocycles. The van der Waals surface area contributed by atoms with Crippen LogP contribution in [-0.2, 0) is 14.3 Å². The summed E-state index contributed by atoms with van der Waals surface area (Å²) in [6.07, 6.45) is 5.50. The van der Waals surface area contributed by atoms with Gasteiger partial charge in [0, 0.05) is 13.3 Å².